The van der Waals surface area contributed by atoms with E-state index in [0.29, 0.717) is 59.1 Å². The van der Waals surface area contributed by atoms with Crippen molar-refractivity contribution in [3.63, 3.8) is 0 Å². The van der Waals surface area contributed by atoms with Crippen molar-refractivity contribution in [2.45, 2.75) is 6.92 Å². The molecule has 1 saturated heterocycles. The number of H-pyrrole nitrogens is 1. The number of piperazine rings is 1. The van der Waals surface area contributed by atoms with Crippen LogP contribution >= 0.6 is 11.6 Å². The number of aromatic nitrogens is 1. The molecular weight excluding hydrogens is 460 g/mol. The highest BCUT2D eigenvalue weighted by atomic mass is 35.5. The Labute approximate surface area is 201 Å². The normalized spacial score (nSPS) is 13.7. The van der Waals surface area contributed by atoms with Crippen molar-refractivity contribution < 1.29 is 19.2 Å². The summed E-state index contributed by atoms with van der Waals surface area (Å²) in [6.07, 6.45) is 0. The van der Waals surface area contributed by atoms with Crippen LogP contribution in [0.15, 0.2) is 47.3 Å². The molecule has 0 bridgehead atoms. The van der Waals surface area contributed by atoms with E-state index in [-0.39, 0.29) is 18.1 Å². The van der Waals surface area contributed by atoms with Gasteiger partial charge in [-0.25, -0.2) is 4.79 Å². The van der Waals surface area contributed by atoms with Gasteiger partial charge >= 0.3 is 5.97 Å². The third-order valence-corrected chi connectivity index (χ3v) is 5.87. The van der Waals surface area contributed by atoms with E-state index in [2.05, 4.69) is 10.5 Å². The van der Waals surface area contributed by atoms with Crippen LogP contribution in [0.3, 0.4) is 0 Å². The van der Waals surface area contributed by atoms with Gasteiger partial charge < -0.3 is 24.4 Å². The van der Waals surface area contributed by atoms with Crippen LogP contribution in [-0.2, 0) is 4.74 Å². The first-order valence-electron chi connectivity index (χ1n) is 10.9. The molecule has 178 valence electrons. The third kappa shape index (κ3) is 4.71. The quantitative estimate of drug-likeness (QED) is 0.409. The summed E-state index contributed by atoms with van der Waals surface area (Å²) in [6.45, 7) is 3.54. The number of ether oxygens (including phenoxy) is 1. The Hall–Kier alpha value is -3.56. The number of carbonyl (C=O) groups is 2. The molecule has 34 heavy (non-hydrogen) atoms. The summed E-state index contributed by atoms with van der Waals surface area (Å²) in [4.78, 5) is 50.2. The molecule has 9 nitrogen and oxygen atoms in total. The number of nitrogens with zero attached hydrogens (tertiary/aromatic N) is 2. The Balaban J connectivity index is 1.61. The van der Waals surface area contributed by atoms with Gasteiger partial charge in [0, 0.05) is 49.2 Å². The predicted molar refractivity (Wildman–Crippen MR) is 130 cm³/mol. The molecule has 2 aromatic carbocycles. The molecule has 0 spiro atoms. The number of rotatable bonds is 6. The summed E-state index contributed by atoms with van der Waals surface area (Å²) in [5, 5.41) is 1.13. The number of hydroxylamine groups is 1. The lowest BCUT2D eigenvalue weighted by atomic mass is 10.1. The van der Waals surface area contributed by atoms with Crippen molar-refractivity contribution in [1.82, 2.24) is 15.4 Å². The second-order valence-electron chi connectivity index (χ2n) is 7.70. The van der Waals surface area contributed by atoms with Crippen LogP contribution in [-0.4, -0.2) is 61.6 Å². The first kappa shape index (κ1) is 23.6. The molecule has 2 heterocycles. The molecular formula is C24H25ClN4O5. The number of amides is 1. The highest BCUT2D eigenvalue weighted by Crippen LogP contribution is 2.31. The first-order valence-corrected chi connectivity index (χ1v) is 11.3. The summed E-state index contributed by atoms with van der Waals surface area (Å²) < 4.78 is 5.17. The summed E-state index contributed by atoms with van der Waals surface area (Å²) in [7, 11) is 1.66. The number of fused-ring (bicyclic) bond motifs is 1. The molecule has 10 heteroatoms. The lowest BCUT2D eigenvalue weighted by Crippen LogP contribution is -2.49. The predicted octanol–water partition coefficient (Wildman–Crippen LogP) is 2.83. The van der Waals surface area contributed by atoms with Gasteiger partial charge in [0.25, 0.3) is 11.5 Å². The summed E-state index contributed by atoms with van der Waals surface area (Å²) in [5.41, 5.74) is 3.60. The van der Waals surface area contributed by atoms with E-state index in [1.165, 1.54) is 0 Å². The van der Waals surface area contributed by atoms with Crippen molar-refractivity contribution in [2.75, 3.05) is 44.7 Å². The number of hydrogen-bond donors (Lipinski definition) is 2. The van der Waals surface area contributed by atoms with Crippen molar-refractivity contribution in [2.24, 2.45) is 0 Å². The van der Waals surface area contributed by atoms with E-state index in [0.717, 1.165) is 0 Å². The minimum absolute atomic E-state index is 0.0588. The topological polar surface area (TPSA) is 104 Å². The SMILES string of the molecule is CCOC(=O)c1c(N2CCN(C(=O)c3ccc(ONC)cc3)CC2)c2cc(Cl)ccc2[nH]c1=O. The average molecular weight is 485 g/mol. The van der Waals surface area contributed by atoms with Crippen molar-refractivity contribution in [3.8, 4) is 5.75 Å². The lowest BCUT2D eigenvalue weighted by molar-refractivity contribution is 0.0524. The monoisotopic (exact) mass is 484 g/mol. The molecule has 0 aliphatic carbocycles. The lowest BCUT2D eigenvalue weighted by Gasteiger charge is -2.37. The molecule has 1 fully saturated rings. The van der Waals surface area contributed by atoms with Crippen LogP contribution in [0.2, 0.25) is 5.02 Å². The number of esters is 1. The summed E-state index contributed by atoms with van der Waals surface area (Å²) >= 11 is 6.23. The van der Waals surface area contributed by atoms with Crippen molar-refractivity contribution >= 4 is 40.1 Å². The maximum Gasteiger partial charge on any atom is 0.345 e. The van der Waals surface area contributed by atoms with Crippen LogP contribution < -0.4 is 20.8 Å². The van der Waals surface area contributed by atoms with Crippen molar-refractivity contribution in [1.29, 1.82) is 0 Å². The number of hydrogen-bond acceptors (Lipinski definition) is 7. The van der Waals surface area contributed by atoms with Gasteiger partial charge in [0.05, 0.1) is 17.8 Å². The molecule has 1 aliphatic heterocycles. The molecule has 1 aromatic heterocycles. The Morgan fingerprint density at radius 3 is 2.44 bits per heavy atom. The van der Waals surface area contributed by atoms with E-state index in [4.69, 9.17) is 21.2 Å². The van der Waals surface area contributed by atoms with Crippen LogP contribution in [0.4, 0.5) is 5.69 Å². The minimum atomic E-state index is -0.692. The molecule has 0 atom stereocenters. The first-order chi connectivity index (χ1) is 16.4. The molecule has 0 unspecified atom stereocenters. The van der Waals surface area contributed by atoms with Gasteiger partial charge in [0.15, 0.2) is 0 Å². The van der Waals surface area contributed by atoms with E-state index in [1.807, 2.05) is 4.90 Å². The molecule has 4 rings (SSSR count). The maximum atomic E-state index is 13.0. The van der Waals surface area contributed by atoms with Gasteiger partial charge in [-0.3, -0.25) is 9.59 Å². The fourth-order valence-electron chi connectivity index (χ4n) is 4.07. The van der Waals surface area contributed by atoms with Gasteiger partial charge in [0.2, 0.25) is 0 Å². The molecule has 1 amide bonds. The Morgan fingerprint density at radius 2 is 1.79 bits per heavy atom. The van der Waals surface area contributed by atoms with Crippen LogP contribution in [0.5, 0.6) is 5.75 Å². The Bertz CT molecular complexity index is 1270. The number of benzene rings is 2. The molecule has 2 N–H and O–H groups in total. The molecule has 0 radical (unpaired) electrons. The number of nitrogens with one attached hydrogen (secondary N) is 2. The largest absolute Gasteiger partial charge is 0.462 e. The zero-order chi connectivity index (χ0) is 24.2. The van der Waals surface area contributed by atoms with Gasteiger partial charge in [-0.05, 0) is 49.4 Å². The Morgan fingerprint density at radius 1 is 1.09 bits per heavy atom. The molecule has 0 saturated carbocycles. The van der Waals surface area contributed by atoms with Gasteiger partial charge in [-0.1, -0.05) is 11.6 Å². The van der Waals surface area contributed by atoms with Gasteiger partial charge in [-0.2, -0.15) is 5.48 Å². The molecule has 1 aliphatic rings. The number of anilines is 1. The highest BCUT2D eigenvalue weighted by Gasteiger charge is 2.29. The van der Waals surface area contributed by atoms with Gasteiger partial charge in [-0.15, -0.1) is 0 Å². The zero-order valence-electron chi connectivity index (χ0n) is 18.9. The van der Waals surface area contributed by atoms with Crippen LogP contribution in [0, 0.1) is 0 Å². The fraction of sp³-hybridized carbons (Fsp3) is 0.292. The number of carbonyl (C=O) groups excluding carboxylic acids is 2. The minimum Gasteiger partial charge on any atom is -0.462 e. The maximum absolute atomic E-state index is 13.0. The average Bonchev–Trinajstić information content (AvgIpc) is 2.84. The standard InChI is InChI=1S/C24H25ClN4O5/c1-3-33-24(32)20-21(18-14-16(25)6-9-19(18)27-22(20)30)28-10-12-29(13-11-28)23(31)15-4-7-17(8-5-15)34-26-2/h4-9,14,26H,3,10-13H2,1-2H3,(H,27,30). The Kier molecular flexibility index (Phi) is 7.04. The number of aromatic amines is 1. The van der Waals surface area contributed by atoms with E-state index in [1.54, 1.807) is 61.3 Å². The van der Waals surface area contributed by atoms with E-state index < -0.39 is 11.5 Å². The van der Waals surface area contributed by atoms with E-state index >= 15 is 0 Å². The fourth-order valence-corrected chi connectivity index (χ4v) is 4.24. The highest BCUT2D eigenvalue weighted by molar-refractivity contribution is 6.31. The summed E-state index contributed by atoms with van der Waals surface area (Å²) in [5.74, 6) is -0.182. The zero-order valence-corrected chi connectivity index (χ0v) is 19.6. The second-order valence-corrected chi connectivity index (χ2v) is 8.13. The van der Waals surface area contributed by atoms with Crippen LogP contribution in [0.25, 0.3) is 10.9 Å². The number of pyridine rings is 1. The number of halogens is 1. The van der Waals surface area contributed by atoms with Gasteiger partial charge in [0.1, 0.15) is 11.3 Å². The third-order valence-electron chi connectivity index (χ3n) is 5.63. The molecule has 3 aromatic rings. The van der Waals surface area contributed by atoms with E-state index in [9.17, 15) is 14.4 Å². The van der Waals surface area contributed by atoms with Crippen molar-refractivity contribution in [3.05, 3.63) is 69.0 Å². The second kappa shape index (κ2) is 10.1. The smallest absolute Gasteiger partial charge is 0.345 e. The summed E-state index contributed by atoms with van der Waals surface area (Å²) in [6, 6.07) is 12.0. The van der Waals surface area contributed by atoms with Crippen LogP contribution in [0.1, 0.15) is 27.6 Å².